The van der Waals surface area contributed by atoms with Crippen LogP contribution in [-0.4, -0.2) is 29.0 Å². The number of hydrogen-bond acceptors (Lipinski definition) is 6. The third-order valence-corrected chi connectivity index (χ3v) is 4.83. The molecule has 162 valence electrons. The molecule has 1 heterocycles. The van der Waals surface area contributed by atoms with Crippen LogP contribution >= 0.6 is 23.2 Å². The van der Waals surface area contributed by atoms with Crippen LogP contribution in [0.1, 0.15) is 25.5 Å². The van der Waals surface area contributed by atoms with Crippen LogP contribution in [0.2, 0.25) is 10.0 Å². The molecule has 2 aromatic carbocycles. The molecule has 0 aliphatic heterocycles. The molecule has 0 N–H and O–H groups in total. The molecule has 0 aliphatic carbocycles. The molecule has 1 atom stereocenters. The van der Waals surface area contributed by atoms with Gasteiger partial charge in [0.25, 0.3) is 0 Å². The maximum Gasteiger partial charge on any atom is 0.336 e. The van der Waals surface area contributed by atoms with Crippen LogP contribution in [-0.2, 0) is 9.53 Å². The molecule has 1 aromatic heterocycles. The quantitative estimate of drug-likeness (QED) is 0.464. The number of carbonyl (C=O) groups excluding carboxylic acids is 1. The summed E-state index contributed by atoms with van der Waals surface area (Å²) in [6.45, 7) is 3.41. The number of nitrogens with zero attached hydrogens (tertiary/aromatic N) is 2. The Hall–Kier alpha value is -3.03. The van der Waals surface area contributed by atoms with E-state index in [1.807, 2.05) is 0 Å². The van der Waals surface area contributed by atoms with Gasteiger partial charge in [0.15, 0.2) is 6.04 Å². The molecule has 7 nitrogen and oxygen atoms in total. The lowest BCUT2D eigenvalue weighted by molar-refractivity contribution is -0.150. The van der Waals surface area contributed by atoms with E-state index in [2.05, 4.69) is 5.10 Å². The molecule has 0 bridgehead atoms. The predicted octanol–water partition coefficient (Wildman–Crippen LogP) is 4.89. The summed E-state index contributed by atoms with van der Waals surface area (Å²) in [5, 5.41) is 4.35. The minimum absolute atomic E-state index is 0.00722. The molecule has 0 fully saturated rings. The molecule has 0 saturated carbocycles. The maximum atomic E-state index is 13.2. The van der Waals surface area contributed by atoms with Gasteiger partial charge in [0, 0.05) is 10.6 Å². The topological polar surface area (TPSA) is 79.7 Å². The number of ether oxygens (including phenoxy) is 3. The summed E-state index contributed by atoms with van der Waals surface area (Å²) in [6.07, 6.45) is 0.824. The van der Waals surface area contributed by atoms with Crippen molar-refractivity contribution in [2.24, 2.45) is 0 Å². The Morgan fingerprint density at radius 3 is 2.26 bits per heavy atom. The molecular formula is C22H20Cl2N2O5. The average Bonchev–Trinajstić information content (AvgIpc) is 2.74. The molecule has 9 heteroatoms. The van der Waals surface area contributed by atoms with E-state index in [0.717, 1.165) is 4.68 Å². The molecule has 31 heavy (non-hydrogen) atoms. The second-order valence-electron chi connectivity index (χ2n) is 6.76. The number of aromatic nitrogens is 2. The van der Waals surface area contributed by atoms with Gasteiger partial charge in [0.1, 0.15) is 16.5 Å². The van der Waals surface area contributed by atoms with Crippen LogP contribution < -0.4 is 15.0 Å². The van der Waals surface area contributed by atoms with Crippen molar-refractivity contribution in [1.29, 1.82) is 0 Å². The standard InChI is InChI=1S/C22H20Cl2N2O5/c1-13(2)30-22(28)19(16-6-4-5-7-17(16)23)26-21(27)20(18(24)12-25-26)31-15-10-8-14(29-3)9-11-15/h4-13,19H,1-3H3. The van der Waals surface area contributed by atoms with E-state index in [9.17, 15) is 9.59 Å². The first kappa shape index (κ1) is 22.7. The second-order valence-corrected chi connectivity index (χ2v) is 7.57. The largest absolute Gasteiger partial charge is 0.497 e. The Morgan fingerprint density at radius 2 is 1.65 bits per heavy atom. The van der Waals surface area contributed by atoms with Crippen LogP contribution in [0.3, 0.4) is 0 Å². The zero-order valence-corrected chi connectivity index (χ0v) is 18.6. The van der Waals surface area contributed by atoms with Gasteiger partial charge in [-0.25, -0.2) is 9.48 Å². The Kier molecular flexibility index (Phi) is 7.20. The second kappa shape index (κ2) is 9.85. The first-order chi connectivity index (χ1) is 14.8. The molecule has 0 amide bonds. The molecule has 0 spiro atoms. The number of hydrogen-bond donors (Lipinski definition) is 0. The van der Waals surface area contributed by atoms with Gasteiger partial charge in [-0.2, -0.15) is 5.10 Å². The summed E-state index contributed by atoms with van der Waals surface area (Å²) in [4.78, 5) is 26.2. The highest BCUT2D eigenvalue weighted by Gasteiger charge is 2.30. The number of carbonyl (C=O) groups is 1. The predicted molar refractivity (Wildman–Crippen MR) is 117 cm³/mol. The normalized spacial score (nSPS) is 11.8. The van der Waals surface area contributed by atoms with Crippen molar-refractivity contribution in [2.75, 3.05) is 7.11 Å². The fourth-order valence-electron chi connectivity index (χ4n) is 2.82. The molecule has 0 radical (unpaired) electrons. The lowest BCUT2D eigenvalue weighted by Crippen LogP contribution is -2.35. The smallest absolute Gasteiger partial charge is 0.336 e. The van der Waals surface area contributed by atoms with Crippen molar-refractivity contribution in [1.82, 2.24) is 9.78 Å². The SMILES string of the molecule is COc1ccc(Oc2c(Cl)cnn(C(C(=O)OC(C)C)c3ccccc3Cl)c2=O)cc1. The van der Waals surface area contributed by atoms with E-state index in [1.54, 1.807) is 69.5 Å². The first-order valence-corrected chi connectivity index (χ1v) is 10.1. The number of halogens is 2. The highest BCUT2D eigenvalue weighted by atomic mass is 35.5. The molecule has 0 saturated heterocycles. The number of methoxy groups -OCH3 is 1. The Labute approximate surface area is 189 Å². The van der Waals surface area contributed by atoms with Gasteiger partial charge in [-0.1, -0.05) is 41.4 Å². The van der Waals surface area contributed by atoms with Crippen LogP contribution in [0.5, 0.6) is 17.2 Å². The molecule has 1 unspecified atom stereocenters. The average molecular weight is 463 g/mol. The molecule has 3 rings (SSSR count). The first-order valence-electron chi connectivity index (χ1n) is 9.36. The van der Waals surface area contributed by atoms with E-state index in [-0.39, 0.29) is 15.8 Å². The van der Waals surface area contributed by atoms with Crippen molar-refractivity contribution in [2.45, 2.75) is 26.0 Å². The number of esters is 1. The Balaban J connectivity index is 2.09. The molecular weight excluding hydrogens is 443 g/mol. The van der Waals surface area contributed by atoms with Crippen molar-refractivity contribution in [3.63, 3.8) is 0 Å². The fourth-order valence-corrected chi connectivity index (χ4v) is 3.22. The van der Waals surface area contributed by atoms with Gasteiger partial charge in [-0.15, -0.1) is 0 Å². The van der Waals surface area contributed by atoms with E-state index in [4.69, 9.17) is 37.4 Å². The number of benzene rings is 2. The summed E-state index contributed by atoms with van der Waals surface area (Å²) in [5.74, 6) is 0.115. The zero-order valence-electron chi connectivity index (χ0n) is 17.0. The Morgan fingerprint density at radius 1 is 1.00 bits per heavy atom. The van der Waals surface area contributed by atoms with E-state index in [1.165, 1.54) is 6.20 Å². The lowest BCUT2D eigenvalue weighted by atomic mass is 10.1. The van der Waals surface area contributed by atoms with Crippen LogP contribution in [0, 0.1) is 0 Å². The van der Waals surface area contributed by atoms with E-state index < -0.39 is 23.7 Å². The van der Waals surface area contributed by atoms with E-state index >= 15 is 0 Å². The van der Waals surface area contributed by atoms with Crippen LogP contribution in [0.15, 0.2) is 59.5 Å². The van der Waals surface area contributed by atoms with Crippen LogP contribution in [0.25, 0.3) is 0 Å². The van der Waals surface area contributed by atoms with Crippen molar-refractivity contribution < 1.29 is 19.0 Å². The van der Waals surface area contributed by atoms with Gasteiger partial charge < -0.3 is 14.2 Å². The third-order valence-electron chi connectivity index (χ3n) is 4.21. The summed E-state index contributed by atoms with van der Waals surface area (Å²) in [5.41, 5.74) is -0.351. The summed E-state index contributed by atoms with van der Waals surface area (Å²) >= 11 is 12.5. The van der Waals surface area contributed by atoms with Crippen molar-refractivity contribution in [3.8, 4) is 17.2 Å². The third kappa shape index (κ3) is 5.18. The van der Waals surface area contributed by atoms with Gasteiger partial charge in [-0.3, -0.25) is 4.79 Å². The van der Waals surface area contributed by atoms with Crippen LogP contribution in [0.4, 0.5) is 0 Å². The molecule has 0 aliphatic rings. The van der Waals surface area contributed by atoms with Gasteiger partial charge in [0.05, 0.1) is 19.4 Å². The fraction of sp³-hybridized carbons (Fsp3) is 0.227. The summed E-state index contributed by atoms with van der Waals surface area (Å²) < 4.78 is 17.1. The Bertz CT molecular complexity index is 1130. The highest BCUT2D eigenvalue weighted by Crippen LogP contribution is 2.30. The number of rotatable bonds is 7. The van der Waals surface area contributed by atoms with Gasteiger partial charge in [0.2, 0.25) is 5.75 Å². The minimum Gasteiger partial charge on any atom is -0.497 e. The van der Waals surface area contributed by atoms with Crippen molar-refractivity contribution in [3.05, 3.63) is 80.7 Å². The molecule has 3 aromatic rings. The summed E-state index contributed by atoms with van der Waals surface area (Å²) in [6, 6.07) is 12.0. The maximum absolute atomic E-state index is 13.2. The minimum atomic E-state index is -1.22. The zero-order chi connectivity index (χ0) is 22.5. The summed E-state index contributed by atoms with van der Waals surface area (Å²) in [7, 11) is 1.54. The van der Waals surface area contributed by atoms with Gasteiger partial charge in [-0.05, 0) is 44.2 Å². The van der Waals surface area contributed by atoms with Crippen molar-refractivity contribution >= 4 is 29.2 Å². The highest BCUT2D eigenvalue weighted by molar-refractivity contribution is 6.32. The van der Waals surface area contributed by atoms with Gasteiger partial charge >= 0.3 is 11.5 Å². The van der Waals surface area contributed by atoms with E-state index in [0.29, 0.717) is 17.1 Å². The lowest BCUT2D eigenvalue weighted by Gasteiger charge is -2.21. The monoisotopic (exact) mass is 462 g/mol.